The van der Waals surface area contributed by atoms with Gasteiger partial charge >= 0.3 is 18.3 Å². The van der Waals surface area contributed by atoms with Gasteiger partial charge in [0.15, 0.2) is 0 Å². The molecular formula is C20H36N2O7. The molecule has 0 bridgehead atoms. The molecule has 0 rings (SSSR count). The lowest BCUT2D eigenvalue weighted by Crippen LogP contribution is -2.46. The maximum atomic E-state index is 12.5. The van der Waals surface area contributed by atoms with Gasteiger partial charge in [-0.05, 0) is 75.2 Å². The topological polar surface area (TPSA) is 111 Å². The monoisotopic (exact) mass is 416 g/mol. The van der Waals surface area contributed by atoms with Crippen LogP contribution in [0.3, 0.4) is 0 Å². The van der Waals surface area contributed by atoms with Crippen LogP contribution in [-0.4, -0.2) is 52.4 Å². The minimum atomic E-state index is -1.08. The average molecular weight is 417 g/mol. The number of hydrogen-bond acceptors (Lipinski definition) is 7. The number of nitrogens with one attached hydrogen (secondary N) is 1. The summed E-state index contributed by atoms with van der Waals surface area (Å²) in [6.45, 7) is 15.3. The molecule has 0 saturated heterocycles. The number of unbranched alkanes of at least 4 members (excludes halogenated alkanes) is 1. The molecule has 0 aliphatic carbocycles. The fourth-order valence-electron chi connectivity index (χ4n) is 1.91. The van der Waals surface area contributed by atoms with Crippen LogP contribution < -0.4 is 5.32 Å². The molecule has 0 unspecified atom stereocenters. The van der Waals surface area contributed by atoms with Crippen LogP contribution in [0.15, 0.2) is 0 Å². The standard InChI is InChI=1S/C20H36N2O7/c1-18(2,3)27-15(24)21-13-11-10-12-14(23)22(16(25)28-19(4,5)6)17(26)29-20(7,8)9/h10-13H2,1-9H3,(H,21,24). The molecule has 1 N–H and O–H groups in total. The third-order valence-electron chi connectivity index (χ3n) is 2.89. The SMILES string of the molecule is CC(C)(C)OC(=O)NCCCCC(=O)N(C(=O)OC(C)(C)C)C(=O)OC(C)(C)C. The highest BCUT2D eigenvalue weighted by molar-refractivity contribution is 6.06. The Hall–Kier alpha value is -2.32. The van der Waals surface area contributed by atoms with E-state index in [4.69, 9.17) is 14.2 Å². The number of hydrogen-bond donors (Lipinski definition) is 1. The summed E-state index contributed by atoms with van der Waals surface area (Å²) in [6.07, 6.45) is -1.99. The Kier molecular flexibility index (Phi) is 9.62. The van der Waals surface area contributed by atoms with Gasteiger partial charge in [-0.2, -0.15) is 0 Å². The molecule has 0 aromatic carbocycles. The van der Waals surface area contributed by atoms with E-state index in [1.165, 1.54) is 0 Å². The lowest BCUT2D eigenvalue weighted by atomic mass is 10.2. The summed E-state index contributed by atoms with van der Waals surface area (Å²) < 4.78 is 15.4. The van der Waals surface area contributed by atoms with Crippen molar-refractivity contribution in [2.75, 3.05) is 6.54 Å². The van der Waals surface area contributed by atoms with Crippen molar-refractivity contribution in [3.8, 4) is 0 Å². The molecule has 29 heavy (non-hydrogen) atoms. The number of carbonyl (C=O) groups is 4. The summed E-state index contributed by atoms with van der Waals surface area (Å²) in [4.78, 5) is 49.2. The van der Waals surface area contributed by atoms with Crippen LogP contribution in [0.2, 0.25) is 0 Å². The predicted molar refractivity (Wildman–Crippen MR) is 107 cm³/mol. The Balaban J connectivity index is 4.78. The molecule has 168 valence electrons. The first-order chi connectivity index (χ1) is 12.9. The summed E-state index contributed by atoms with van der Waals surface area (Å²) >= 11 is 0. The smallest absolute Gasteiger partial charge is 0.426 e. The van der Waals surface area contributed by atoms with Gasteiger partial charge in [0.05, 0.1) is 0 Å². The van der Waals surface area contributed by atoms with E-state index in [2.05, 4.69) is 5.32 Å². The first kappa shape index (κ1) is 26.7. The Morgan fingerprint density at radius 2 is 1.10 bits per heavy atom. The molecule has 0 atom stereocenters. The number of carbonyl (C=O) groups excluding carboxylic acids is 4. The summed E-state index contributed by atoms with van der Waals surface area (Å²) in [7, 11) is 0. The molecule has 9 nitrogen and oxygen atoms in total. The highest BCUT2D eigenvalue weighted by atomic mass is 16.6. The Bertz CT molecular complexity index is 567. The third-order valence-corrected chi connectivity index (χ3v) is 2.89. The van der Waals surface area contributed by atoms with E-state index in [-0.39, 0.29) is 6.42 Å². The van der Waals surface area contributed by atoms with Crippen LogP contribution >= 0.6 is 0 Å². The molecule has 0 heterocycles. The van der Waals surface area contributed by atoms with Gasteiger partial charge in [0, 0.05) is 13.0 Å². The number of imide groups is 3. The van der Waals surface area contributed by atoms with Crippen molar-refractivity contribution in [1.29, 1.82) is 0 Å². The fourth-order valence-corrected chi connectivity index (χ4v) is 1.91. The summed E-state index contributed by atoms with van der Waals surface area (Å²) in [5.74, 6) is -0.731. The van der Waals surface area contributed by atoms with E-state index in [1.807, 2.05) is 0 Å². The second-order valence-corrected chi connectivity index (χ2v) is 9.58. The van der Waals surface area contributed by atoms with E-state index in [1.54, 1.807) is 62.3 Å². The van der Waals surface area contributed by atoms with Crippen LogP contribution in [0.5, 0.6) is 0 Å². The summed E-state index contributed by atoms with van der Waals surface area (Å²) in [5.41, 5.74) is -2.36. The molecule has 0 radical (unpaired) electrons. The maximum absolute atomic E-state index is 12.5. The van der Waals surface area contributed by atoms with Crippen molar-refractivity contribution < 1.29 is 33.4 Å². The highest BCUT2D eigenvalue weighted by Gasteiger charge is 2.35. The van der Waals surface area contributed by atoms with Crippen molar-refractivity contribution in [2.24, 2.45) is 0 Å². The van der Waals surface area contributed by atoms with Crippen molar-refractivity contribution in [1.82, 2.24) is 10.2 Å². The molecule has 4 amide bonds. The van der Waals surface area contributed by atoms with Gasteiger partial charge in [-0.1, -0.05) is 0 Å². The van der Waals surface area contributed by atoms with Gasteiger partial charge in [0.2, 0.25) is 5.91 Å². The van der Waals surface area contributed by atoms with Crippen LogP contribution in [0, 0.1) is 0 Å². The molecule has 0 aliphatic heterocycles. The minimum Gasteiger partial charge on any atom is -0.444 e. The number of nitrogens with zero attached hydrogens (tertiary/aromatic N) is 1. The first-order valence-electron chi connectivity index (χ1n) is 9.67. The second kappa shape index (κ2) is 10.5. The molecule has 0 saturated carbocycles. The van der Waals surface area contributed by atoms with Gasteiger partial charge < -0.3 is 19.5 Å². The van der Waals surface area contributed by atoms with Gasteiger partial charge in [0.25, 0.3) is 0 Å². The number of rotatable bonds is 5. The summed E-state index contributed by atoms with van der Waals surface area (Å²) in [5, 5.41) is 2.58. The van der Waals surface area contributed by atoms with E-state index >= 15 is 0 Å². The fraction of sp³-hybridized carbons (Fsp3) is 0.800. The molecule has 0 aliphatic rings. The zero-order chi connectivity index (χ0) is 23.0. The minimum absolute atomic E-state index is 0.0888. The van der Waals surface area contributed by atoms with E-state index < -0.39 is 41.0 Å². The van der Waals surface area contributed by atoms with Gasteiger partial charge in [0.1, 0.15) is 16.8 Å². The van der Waals surface area contributed by atoms with E-state index in [0.29, 0.717) is 24.3 Å². The molecular weight excluding hydrogens is 380 g/mol. The Morgan fingerprint density at radius 1 is 0.690 bits per heavy atom. The molecule has 0 aromatic rings. The molecule has 0 fully saturated rings. The molecule has 0 aromatic heterocycles. The van der Waals surface area contributed by atoms with Crippen molar-refractivity contribution in [3.05, 3.63) is 0 Å². The van der Waals surface area contributed by atoms with Crippen LogP contribution in [-0.2, 0) is 19.0 Å². The van der Waals surface area contributed by atoms with Gasteiger partial charge in [-0.3, -0.25) is 4.79 Å². The average Bonchev–Trinajstić information content (AvgIpc) is 2.40. The van der Waals surface area contributed by atoms with E-state index in [9.17, 15) is 19.2 Å². The number of alkyl carbamates (subject to hydrolysis) is 1. The Morgan fingerprint density at radius 3 is 1.48 bits per heavy atom. The normalized spacial score (nSPS) is 12.0. The highest BCUT2D eigenvalue weighted by Crippen LogP contribution is 2.16. The maximum Gasteiger partial charge on any atom is 0.426 e. The second-order valence-electron chi connectivity index (χ2n) is 9.58. The molecule has 0 spiro atoms. The van der Waals surface area contributed by atoms with Crippen molar-refractivity contribution in [2.45, 2.75) is 98.4 Å². The quantitative estimate of drug-likeness (QED) is 0.523. The van der Waals surface area contributed by atoms with Crippen molar-refractivity contribution in [3.63, 3.8) is 0 Å². The molecule has 9 heteroatoms. The summed E-state index contributed by atoms with van der Waals surface area (Å²) in [6, 6.07) is 0. The van der Waals surface area contributed by atoms with Crippen LogP contribution in [0.25, 0.3) is 0 Å². The zero-order valence-corrected chi connectivity index (χ0v) is 19.1. The number of amides is 4. The lowest BCUT2D eigenvalue weighted by molar-refractivity contribution is -0.129. The van der Waals surface area contributed by atoms with Gasteiger partial charge in [-0.25, -0.2) is 14.4 Å². The number of ether oxygens (including phenoxy) is 3. The third kappa shape index (κ3) is 13.5. The first-order valence-corrected chi connectivity index (χ1v) is 9.67. The van der Waals surface area contributed by atoms with Crippen molar-refractivity contribution >= 4 is 24.2 Å². The van der Waals surface area contributed by atoms with Crippen LogP contribution in [0.1, 0.15) is 81.6 Å². The largest absolute Gasteiger partial charge is 0.444 e. The van der Waals surface area contributed by atoms with Gasteiger partial charge in [-0.15, -0.1) is 4.90 Å². The Labute approximate surface area is 173 Å². The van der Waals surface area contributed by atoms with Crippen LogP contribution in [0.4, 0.5) is 14.4 Å². The predicted octanol–water partition coefficient (Wildman–Crippen LogP) is 4.38. The van der Waals surface area contributed by atoms with E-state index in [0.717, 1.165) is 0 Å². The lowest BCUT2D eigenvalue weighted by Gasteiger charge is -2.27. The zero-order valence-electron chi connectivity index (χ0n) is 19.1.